The van der Waals surface area contributed by atoms with Gasteiger partial charge in [0.1, 0.15) is 5.82 Å². The van der Waals surface area contributed by atoms with Crippen molar-refractivity contribution in [3.8, 4) is 0 Å². The minimum Gasteiger partial charge on any atom is -0.280 e. The Morgan fingerprint density at radius 3 is 3.00 bits per heavy atom. The summed E-state index contributed by atoms with van der Waals surface area (Å²) in [6, 6.07) is 0. The lowest BCUT2D eigenvalue weighted by atomic mass is 10.2. The zero-order chi connectivity index (χ0) is 7.40. The van der Waals surface area contributed by atoms with Gasteiger partial charge in [0.25, 0.3) is 0 Å². The molecule has 0 saturated carbocycles. The molecule has 0 aliphatic rings. The summed E-state index contributed by atoms with van der Waals surface area (Å²) in [5.41, 5.74) is 0. The van der Waals surface area contributed by atoms with Gasteiger partial charge < -0.3 is 0 Å². The number of nitrogens with zero attached hydrogens (tertiary/aromatic N) is 2. The maximum atomic E-state index is 4.18. The van der Waals surface area contributed by atoms with Gasteiger partial charge >= 0.3 is 0 Å². The molecule has 0 radical (unpaired) electrons. The van der Waals surface area contributed by atoms with Crippen molar-refractivity contribution in [2.24, 2.45) is 0 Å². The number of hydrogen-bond donors (Lipinski definition) is 1. The molecular weight excluding hydrogens is 144 g/mol. The van der Waals surface area contributed by atoms with Gasteiger partial charge in [0.2, 0.25) is 0 Å². The largest absolute Gasteiger partial charge is 0.280 e. The Morgan fingerprint density at radius 2 is 2.50 bits per heavy atom. The van der Waals surface area contributed by atoms with Gasteiger partial charge in [-0.15, -0.1) is 0 Å². The van der Waals surface area contributed by atoms with Crippen LogP contribution in [0.15, 0.2) is 12.4 Å². The van der Waals surface area contributed by atoms with Crippen LogP contribution in [0.1, 0.15) is 25.6 Å². The maximum absolute atomic E-state index is 4.18. The van der Waals surface area contributed by atoms with Crippen molar-refractivity contribution in [1.29, 1.82) is 0 Å². The van der Waals surface area contributed by atoms with E-state index < -0.39 is 0 Å². The third-order valence-corrected chi connectivity index (χ3v) is 1.81. The SMILES string of the molecule is CCCCc1nccn1S. The van der Waals surface area contributed by atoms with Crippen molar-refractivity contribution in [2.75, 3.05) is 0 Å². The molecule has 56 valence electrons. The second-order valence-electron chi connectivity index (χ2n) is 2.29. The first kappa shape index (κ1) is 7.66. The highest BCUT2D eigenvalue weighted by atomic mass is 32.1. The first-order valence-electron chi connectivity index (χ1n) is 3.56. The van der Waals surface area contributed by atoms with Crippen LogP contribution in [-0.4, -0.2) is 8.96 Å². The van der Waals surface area contributed by atoms with Crippen molar-refractivity contribution in [3.05, 3.63) is 18.2 Å². The molecule has 0 spiro atoms. The van der Waals surface area contributed by atoms with Crippen LogP contribution in [-0.2, 0) is 6.42 Å². The van der Waals surface area contributed by atoms with E-state index >= 15 is 0 Å². The lowest BCUT2D eigenvalue weighted by Gasteiger charge is -1.96. The summed E-state index contributed by atoms with van der Waals surface area (Å²) in [5.74, 6) is 1.06. The average molecular weight is 156 g/mol. The molecule has 2 nitrogen and oxygen atoms in total. The highest BCUT2D eigenvalue weighted by Gasteiger charge is 1.96. The highest BCUT2D eigenvalue weighted by molar-refractivity contribution is 7.78. The van der Waals surface area contributed by atoms with Gasteiger partial charge in [0, 0.05) is 18.8 Å². The molecule has 0 aliphatic carbocycles. The molecule has 0 fully saturated rings. The van der Waals surface area contributed by atoms with E-state index in [4.69, 9.17) is 0 Å². The summed E-state index contributed by atoms with van der Waals surface area (Å²) in [7, 11) is 0. The minimum absolute atomic E-state index is 1.03. The number of rotatable bonds is 3. The van der Waals surface area contributed by atoms with E-state index in [1.165, 1.54) is 12.8 Å². The van der Waals surface area contributed by atoms with Gasteiger partial charge in [-0.2, -0.15) is 0 Å². The van der Waals surface area contributed by atoms with E-state index in [0.717, 1.165) is 12.2 Å². The topological polar surface area (TPSA) is 17.8 Å². The second-order valence-corrected chi connectivity index (χ2v) is 2.72. The first-order chi connectivity index (χ1) is 4.84. The van der Waals surface area contributed by atoms with Gasteiger partial charge in [-0.1, -0.05) is 26.2 Å². The van der Waals surface area contributed by atoms with Gasteiger partial charge in [0.15, 0.2) is 0 Å². The van der Waals surface area contributed by atoms with Crippen LogP contribution in [0, 0.1) is 0 Å². The molecule has 1 aromatic rings. The normalized spacial score (nSPS) is 10.2. The summed E-state index contributed by atoms with van der Waals surface area (Å²) >= 11 is 4.18. The molecule has 0 N–H and O–H groups in total. The van der Waals surface area contributed by atoms with Crippen LogP contribution >= 0.6 is 12.8 Å². The summed E-state index contributed by atoms with van der Waals surface area (Å²) in [6.45, 7) is 2.17. The number of hydrogen-bond acceptors (Lipinski definition) is 2. The number of unbranched alkanes of at least 4 members (excludes halogenated alkanes) is 1. The quantitative estimate of drug-likeness (QED) is 0.662. The number of aromatic nitrogens is 2. The Kier molecular flexibility index (Phi) is 2.81. The molecule has 0 aliphatic heterocycles. The number of aryl methyl sites for hydroxylation is 1. The van der Waals surface area contributed by atoms with E-state index in [9.17, 15) is 0 Å². The van der Waals surface area contributed by atoms with E-state index in [-0.39, 0.29) is 0 Å². The van der Waals surface area contributed by atoms with Crippen molar-refractivity contribution in [3.63, 3.8) is 0 Å². The fourth-order valence-corrected chi connectivity index (χ4v) is 1.05. The molecule has 3 heteroatoms. The molecular formula is C7H12N2S. The Bertz CT molecular complexity index is 195. The van der Waals surface area contributed by atoms with Crippen LogP contribution in [0.3, 0.4) is 0 Å². The smallest absolute Gasteiger partial charge is 0.118 e. The fraction of sp³-hybridized carbons (Fsp3) is 0.571. The molecule has 1 aromatic heterocycles. The van der Waals surface area contributed by atoms with Gasteiger partial charge in [-0.3, -0.25) is 3.97 Å². The monoisotopic (exact) mass is 156 g/mol. The van der Waals surface area contributed by atoms with Crippen molar-refractivity contribution in [1.82, 2.24) is 8.96 Å². The van der Waals surface area contributed by atoms with Crippen LogP contribution in [0.2, 0.25) is 0 Å². The standard InChI is InChI=1S/C7H12N2S/c1-2-3-4-7-8-5-6-9(7)10/h5-6,10H,2-4H2,1H3. The van der Waals surface area contributed by atoms with Crippen LogP contribution in [0.25, 0.3) is 0 Å². The van der Waals surface area contributed by atoms with E-state index in [1.54, 1.807) is 10.2 Å². The predicted octanol–water partition coefficient (Wildman–Crippen LogP) is 1.92. The average Bonchev–Trinajstić information content (AvgIpc) is 2.31. The van der Waals surface area contributed by atoms with Crippen molar-refractivity contribution < 1.29 is 0 Å². The molecule has 0 atom stereocenters. The molecule has 0 unspecified atom stereocenters. The molecule has 1 heterocycles. The van der Waals surface area contributed by atoms with Crippen LogP contribution < -0.4 is 0 Å². The Balaban J connectivity index is 2.49. The third-order valence-electron chi connectivity index (χ3n) is 1.45. The zero-order valence-corrected chi connectivity index (χ0v) is 7.01. The zero-order valence-electron chi connectivity index (χ0n) is 6.12. The minimum atomic E-state index is 1.03. The molecule has 0 saturated heterocycles. The van der Waals surface area contributed by atoms with Crippen molar-refractivity contribution >= 4 is 12.8 Å². The predicted molar refractivity (Wildman–Crippen MR) is 45.2 cm³/mol. The van der Waals surface area contributed by atoms with Crippen LogP contribution in [0.5, 0.6) is 0 Å². The van der Waals surface area contributed by atoms with Gasteiger partial charge in [0.05, 0.1) is 0 Å². The summed E-state index contributed by atoms with van der Waals surface area (Å²) in [6.07, 6.45) is 7.07. The summed E-state index contributed by atoms with van der Waals surface area (Å²) in [4.78, 5) is 4.14. The van der Waals surface area contributed by atoms with E-state index in [2.05, 4.69) is 24.7 Å². The van der Waals surface area contributed by atoms with Gasteiger partial charge in [-0.05, 0) is 6.42 Å². The van der Waals surface area contributed by atoms with Crippen molar-refractivity contribution in [2.45, 2.75) is 26.2 Å². The van der Waals surface area contributed by atoms with Crippen LogP contribution in [0.4, 0.5) is 0 Å². The Hall–Kier alpha value is -0.440. The summed E-state index contributed by atoms with van der Waals surface area (Å²) in [5, 5.41) is 0. The molecule has 0 bridgehead atoms. The summed E-state index contributed by atoms with van der Waals surface area (Å²) < 4.78 is 1.77. The Labute approximate surface area is 66.8 Å². The van der Waals surface area contributed by atoms with E-state index in [1.807, 2.05) is 6.20 Å². The lowest BCUT2D eigenvalue weighted by Crippen LogP contribution is -1.91. The Morgan fingerprint density at radius 1 is 1.70 bits per heavy atom. The maximum Gasteiger partial charge on any atom is 0.118 e. The first-order valence-corrected chi connectivity index (χ1v) is 3.96. The third kappa shape index (κ3) is 1.77. The molecule has 0 amide bonds. The lowest BCUT2D eigenvalue weighted by molar-refractivity contribution is 0.756. The molecule has 10 heavy (non-hydrogen) atoms. The molecule has 1 rings (SSSR count). The van der Waals surface area contributed by atoms with Gasteiger partial charge in [-0.25, -0.2) is 4.98 Å². The number of imidazole rings is 1. The molecule has 0 aromatic carbocycles. The van der Waals surface area contributed by atoms with E-state index in [0.29, 0.717) is 0 Å². The second kappa shape index (κ2) is 3.66. The number of thiol groups is 1. The highest BCUT2D eigenvalue weighted by Crippen LogP contribution is 2.03. The fourth-order valence-electron chi connectivity index (χ4n) is 0.842.